The molecule has 2 aromatic rings. The molecule has 0 radical (unpaired) electrons. The number of rotatable bonds is 9. The van der Waals surface area contributed by atoms with Crippen LogP contribution in [0.1, 0.15) is 62.5 Å². The molecule has 6 heteroatoms. The summed E-state index contributed by atoms with van der Waals surface area (Å²) in [7, 11) is 0. The third-order valence-electron chi connectivity index (χ3n) is 7.55. The standard InChI is InChI=1S/C29H39Cl2N3O/c30-27-13-12-25(21-28(27)31)22-34(29(35)32-26-10-5-2-6-11-26)17-7-16-33-18-14-24(15-19-33)20-23-8-3-1-4-9-23/h1,3-4,8-9,12-13,21,24,26H,2,5-7,10-11,14-20,22H2,(H,32,35). The SMILES string of the molecule is O=C(NC1CCCCC1)N(CCCN1CCC(Cc2ccccc2)CC1)Cc1ccc(Cl)c(Cl)c1. The second-order valence-corrected chi connectivity index (χ2v) is 11.1. The number of urea groups is 1. The van der Waals surface area contributed by atoms with Crippen LogP contribution < -0.4 is 5.32 Å². The maximum absolute atomic E-state index is 13.2. The van der Waals surface area contributed by atoms with Crippen LogP contribution in [0, 0.1) is 5.92 Å². The third-order valence-corrected chi connectivity index (χ3v) is 8.29. The van der Waals surface area contributed by atoms with Crippen molar-refractivity contribution in [1.29, 1.82) is 0 Å². The van der Waals surface area contributed by atoms with Crippen molar-refractivity contribution < 1.29 is 4.79 Å². The Morgan fingerprint density at radius 2 is 1.66 bits per heavy atom. The van der Waals surface area contributed by atoms with Gasteiger partial charge in [0.2, 0.25) is 0 Å². The number of hydrogen-bond acceptors (Lipinski definition) is 2. The second kappa shape index (κ2) is 13.5. The summed E-state index contributed by atoms with van der Waals surface area (Å²) in [6.45, 7) is 4.63. The van der Waals surface area contributed by atoms with Gasteiger partial charge in [0.25, 0.3) is 0 Å². The molecule has 0 aromatic heterocycles. The third kappa shape index (κ3) is 8.41. The minimum absolute atomic E-state index is 0.0459. The van der Waals surface area contributed by atoms with E-state index >= 15 is 0 Å². The number of likely N-dealkylation sites (tertiary alicyclic amines) is 1. The first kappa shape index (κ1) is 26.3. The van der Waals surface area contributed by atoms with E-state index in [0.29, 0.717) is 22.6 Å². The van der Waals surface area contributed by atoms with Crippen LogP contribution in [-0.2, 0) is 13.0 Å². The number of halogens is 2. The predicted octanol–water partition coefficient (Wildman–Crippen LogP) is 7.18. The number of piperidine rings is 1. The molecular formula is C29H39Cl2N3O. The number of nitrogens with one attached hydrogen (secondary N) is 1. The summed E-state index contributed by atoms with van der Waals surface area (Å²) in [5.74, 6) is 0.779. The van der Waals surface area contributed by atoms with Crippen molar-refractivity contribution >= 4 is 29.2 Å². The second-order valence-electron chi connectivity index (χ2n) is 10.3. The molecule has 2 aliphatic rings. The molecule has 1 heterocycles. The molecule has 1 saturated heterocycles. The Balaban J connectivity index is 1.26. The summed E-state index contributed by atoms with van der Waals surface area (Å²) in [6, 6.07) is 16.9. The lowest BCUT2D eigenvalue weighted by molar-refractivity contribution is 0.164. The number of amides is 2. The molecule has 2 amide bonds. The van der Waals surface area contributed by atoms with Gasteiger partial charge >= 0.3 is 6.03 Å². The molecule has 1 aliphatic heterocycles. The summed E-state index contributed by atoms with van der Waals surface area (Å²) < 4.78 is 0. The first-order chi connectivity index (χ1) is 17.1. The van der Waals surface area contributed by atoms with Crippen molar-refractivity contribution in [3.05, 3.63) is 69.7 Å². The Morgan fingerprint density at radius 1 is 0.914 bits per heavy atom. The summed E-state index contributed by atoms with van der Waals surface area (Å²) in [4.78, 5) is 17.7. The average molecular weight is 517 g/mol. The molecule has 2 fully saturated rings. The van der Waals surface area contributed by atoms with E-state index in [-0.39, 0.29) is 6.03 Å². The summed E-state index contributed by atoms with van der Waals surface area (Å²) in [5, 5.41) is 4.38. The Kier molecular flexibility index (Phi) is 10.2. The Hall–Kier alpha value is -1.75. The lowest BCUT2D eigenvalue weighted by Gasteiger charge is -2.33. The minimum atomic E-state index is 0.0459. The minimum Gasteiger partial charge on any atom is -0.335 e. The van der Waals surface area contributed by atoms with Crippen molar-refractivity contribution in [1.82, 2.24) is 15.1 Å². The van der Waals surface area contributed by atoms with Gasteiger partial charge in [0.1, 0.15) is 0 Å². The fraction of sp³-hybridized carbons (Fsp3) is 0.552. The molecule has 35 heavy (non-hydrogen) atoms. The van der Waals surface area contributed by atoms with Gasteiger partial charge in [-0.05, 0) is 87.3 Å². The first-order valence-electron chi connectivity index (χ1n) is 13.3. The molecule has 1 saturated carbocycles. The van der Waals surface area contributed by atoms with E-state index in [4.69, 9.17) is 23.2 Å². The van der Waals surface area contributed by atoms with Crippen LogP contribution in [0.3, 0.4) is 0 Å². The van der Waals surface area contributed by atoms with Gasteiger partial charge in [-0.3, -0.25) is 0 Å². The molecule has 0 spiro atoms. The van der Waals surface area contributed by atoms with Gasteiger partial charge < -0.3 is 15.1 Å². The molecule has 1 N–H and O–H groups in total. The molecule has 4 nitrogen and oxygen atoms in total. The van der Waals surface area contributed by atoms with Crippen molar-refractivity contribution in [3.63, 3.8) is 0 Å². The van der Waals surface area contributed by atoms with Gasteiger partial charge in [-0.15, -0.1) is 0 Å². The lowest BCUT2D eigenvalue weighted by Crippen LogP contribution is -2.46. The molecule has 2 aromatic carbocycles. The zero-order valence-corrected chi connectivity index (χ0v) is 22.2. The van der Waals surface area contributed by atoms with E-state index in [1.54, 1.807) is 0 Å². The molecule has 190 valence electrons. The molecular weight excluding hydrogens is 477 g/mol. The molecule has 4 rings (SSSR count). The van der Waals surface area contributed by atoms with Crippen LogP contribution in [-0.4, -0.2) is 48.1 Å². The summed E-state index contributed by atoms with van der Waals surface area (Å²) in [6.07, 6.45) is 10.5. The fourth-order valence-electron chi connectivity index (χ4n) is 5.47. The zero-order chi connectivity index (χ0) is 24.5. The first-order valence-corrected chi connectivity index (χ1v) is 14.1. The van der Waals surface area contributed by atoms with Crippen LogP contribution in [0.15, 0.2) is 48.5 Å². The number of carbonyl (C=O) groups excluding carboxylic acids is 1. The lowest BCUT2D eigenvalue weighted by atomic mass is 9.90. The topological polar surface area (TPSA) is 35.6 Å². The highest BCUT2D eigenvalue weighted by atomic mass is 35.5. The Labute approximate surface area is 221 Å². The van der Waals surface area contributed by atoms with E-state index in [1.165, 1.54) is 44.1 Å². The van der Waals surface area contributed by atoms with Gasteiger partial charge in [0.15, 0.2) is 0 Å². The number of nitrogens with zero attached hydrogens (tertiary/aromatic N) is 2. The van der Waals surface area contributed by atoms with Gasteiger partial charge in [-0.25, -0.2) is 4.79 Å². The van der Waals surface area contributed by atoms with Crippen molar-refractivity contribution in [3.8, 4) is 0 Å². The van der Waals surface area contributed by atoms with Crippen molar-refractivity contribution in [2.24, 2.45) is 5.92 Å². The van der Waals surface area contributed by atoms with Crippen LogP contribution in [0.5, 0.6) is 0 Å². The highest BCUT2D eigenvalue weighted by Crippen LogP contribution is 2.24. The Morgan fingerprint density at radius 3 is 2.37 bits per heavy atom. The van der Waals surface area contributed by atoms with Crippen molar-refractivity contribution in [2.75, 3.05) is 26.2 Å². The number of hydrogen-bond donors (Lipinski definition) is 1. The fourth-order valence-corrected chi connectivity index (χ4v) is 5.79. The quantitative estimate of drug-likeness (QED) is 0.383. The van der Waals surface area contributed by atoms with Crippen LogP contribution in [0.4, 0.5) is 4.79 Å². The number of benzene rings is 2. The molecule has 1 aliphatic carbocycles. The van der Waals surface area contributed by atoms with E-state index < -0.39 is 0 Å². The van der Waals surface area contributed by atoms with E-state index in [0.717, 1.165) is 56.9 Å². The molecule has 0 unspecified atom stereocenters. The molecule has 0 atom stereocenters. The predicted molar refractivity (Wildman–Crippen MR) is 146 cm³/mol. The maximum atomic E-state index is 13.2. The van der Waals surface area contributed by atoms with Crippen molar-refractivity contribution in [2.45, 2.75) is 70.4 Å². The van der Waals surface area contributed by atoms with E-state index in [1.807, 2.05) is 23.1 Å². The summed E-state index contributed by atoms with van der Waals surface area (Å²) in [5.41, 5.74) is 2.47. The monoisotopic (exact) mass is 515 g/mol. The average Bonchev–Trinajstić information content (AvgIpc) is 2.88. The van der Waals surface area contributed by atoms with Crippen LogP contribution in [0.2, 0.25) is 10.0 Å². The maximum Gasteiger partial charge on any atom is 0.317 e. The highest BCUT2D eigenvalue weighted by Gasteiger charge is 2.22. The van der Waals surface area contributed by atoms with Crippen LogP contribution in [0.25, 0.3) is 0 Å². The molecule has 0 bridgehead atoms. The number of carbonyl (C=O) groups is 1. The largest absolute Gasteiger partial charge is 0.335 e. The van der Waals surface area contributed by atoms with Gasteiger partial charge in [0, 0.05) is 19.1 Å². The summed E-state index contributed by atoms with van der Waals surface area (Å²) >= 11 is 12.3. The Bertz CT molecular complexity index is 925. The van der Waals surface area contributed by atoms with E-state index in [2.05, 4.69) is 40.5 Å². The normalized spacial score (nSPS) is 17.9. The van der Waals surface area contributed by atoms with Crippen LogP contribution >= 0.6 is 23.2 Å². The van der Waals surface area contributed by atoms with E-state index in [9.17, 15) is 4.79 Å². The van der Waals surface area contributed by atoms with Gasteiger partial charge in [0.05, 0.1) is 10.0 Å². The van der Waals surface area contributed by atoms with Gasteiger partial charge in [-0.2, -0.15) is 0 Å². The smallest absolute Gasteiger partial charge is 0.317 e. The van der Waals surface area contributed by atoms with Gasteiger partial charge in [-0.1, -0.05) is 78.9 Å². The highest BCUT2D eigenvalue weighted by molar-refractivity contribution is 6.42. The zero-order valence-electron chi connectivity index (χ0n) is 20.7.